The summed E-state index contributed by atoms with van der Waals surface area (Å²) in [6.07, 6.45) is 1.77. The summed E-state index contributed by atoms with van der Waals surface area (Å²) < 4.78 is 21.5. The van der Waals surface area contributed by atoms with Gasteiger partial charge in [-0.05, 0) is 53.1 Å². The molecule has 7 nitrogen and oxygen atoms in total. The van der Waals surface area contributed by atoms with Crippen LogP contribution in [0, 0.1) is 0 Å². The molecule has 0 fully saturated rings. The van der Waals surface area contributed by atoms with Gasteiger partial charge in [0.05, 0.1) is 20.8 Å². The van der Waals surface area contributed by atoms with E-state index < -0.39 is 0 Å². The van der Waals surface area contributed by atoms with E-state index in [1.807, 2.05) is 18.2 Å². The maximum absolute atomic E-state index is 13.5. The number of amides is 2. The van der Waals surface area contributed by atoms with Gasteiger partial charge in [0.2, 0.25) is 6.79 Å². The van der Waals surface area contributed by atoms with Gasteiger partial charge in [-0.25, -0.2) is 0 Å². The molecule has 0 saturated carbocycles. The fraction of sp³-hybridized carbons (Fsp3) is 0.154. The normalized spacial score (nSPS) is 15.6. The lowest BCUT2D eigenvalue weighted by atomic mass is 9.91. The fourth-order valence-electron chi connectivity index (χ4n) is 4.02. The Morgan fingerprint density at radius 1 is 0.848 bits per heavy atom. The molecule has 7 heteroatoms. The fourth-order valence-corrected chi connectivity index (χ4v) is 4.02. The average Bonchev–Trinajstić information content (AvgIpc) is 3.32. The van der Waals surface area contributed by atoms with Gasteiger partial charge in [-0.15, -0.1) is 0 Å². The van der Waals surface area contributed by atoms with E-state index in [1.54, 1.807) is 62.8 Å². The number of hydrogen-bond acceptors (Lipinski definition) is 6. The molecular weight excluding hydrogens is 422 g/mol. The minimum absolute atomic E-state index is 0.117. The predicted molar refractivity (Wildman–Crippen MR) is 121 cm³/mol. The number of benzene rings is 3. The monoisotopic (exact) mass is 443 g/mol. The largest absolute Gasteiger partial charge is 0.493 e. The van der Waals surface area contributed by atoms with Gasteiger partial charge in [-0.2, -0.15) is 0 Å². The van der Waals surface area contributed by atoms with Gasteiger partial charge in [-0.1, -0.05) is 30.3 Å². The van der Waals surface area contributed by atoms with Gasteiger partial charge in [-0.3, -0.25) is 14.5 Å². The van der Waals surface area contributed by atoms with Gasteiger partial charge >= 0.3 is 0 Å². The average molecular weight is 443 g/mol. The predicted octanol–water partition coefficient (Wildman–Crippen LogP) is 4.16. The van der Waals surface area contributed by atoms with Crippen LogP contribution in [0.3, 0.4) is 0 Å². The molecule has 0 unspecified atom stereocenters. The lowest BCUT2D eigenvalue weighted by molar-refractivity contribution is -0.123. The van der Waals surface area contributed by atoms with Crippen LogP contribution in [0.1, 0.15) is 27.0 Å². The lowest BCUT2D eigenvalue weighted by Gasteiger charge is -2.29. The summed E-state index contributed by atoms with van der Waals surface area (Å²) in [4.78, 5) is 28.0. The van der Waals surface area contributed by atoms with Crippen molar-refractivity contribution in [3.8, 4) is 23.0 Å². The Kier molecular flexibility index (Phi) is 5.22. The Balaban J connectivity index is 1.55. The molecular formula is C26H21NO6. The van der Waals surface area contributed by atoms with Crippen LogP contribution < -0.4 is 18.9 Å². The molecule has 2 heterocycles. The van der Waals surface area contributed by atoms with Crippen molar-refractivity contribution in [1.29, 1.82) is 0 Å². The Morgan fingerprint density at radius 2 is 1.61 bits per heavy atom. The molecule has 3 aromatic rings. The van der Waals surface area contributed by atoms with Crippen molar-refractivity contribution in [2.45, 2.75) is 6.54 Å². The highest BCUT2D eigenvalue weighted by atomic mass is 16.7. The van der Waals surface area contributed by atoms with E-state index >= 15 is 0 Å². The minimum atomic E-state index is -0.369. The zero-order valence-corrected chi connectivity index (χ0v) is 18.2. The summed E-state index contributed by atoms with van der Waals surface area (Å²) >= 11 is 0. The number of nitrogens with zero attached hydrogens (tertiary/aromatic N) is 1. The molecule has 0 aliphatic carbocycles. The lowest BCUT2D eigenvalue weighted by Crippen LogP contribution is -2.41. The second-order valence-corrected chi connectivity index (χ2v) is 7.60. The van der Waals surface area contributed by atoms with E-state index in [4.69, 9.17) is 18.9 Å². The number of rotatable bonds is 5. The van der Waals surface area contributed by atoms with Crippen molar-refractivity contribution >= 4 is 23.5 Å². The maximum Gasteiger partial charge on any atom is 0.261 e. The van der Waals surface area contributed by atoms with Crippen molar-refractivity contribution in [2.75, 3.05) is 21.0 Å². The van der Waals surface area contributed by atoms with Crippen molar-refractivity contribution < 1.29 is 28.5 Å². The van der Waals surface area contributed by atoms with Crippen LogP contribution in [0.2, 0.25) is 0 Å². The second-order valence-electron chi connectivity index (χ2n) is 7.60. The van der Waals surface area contributed by atoms with Crippen LogP contribution in [0.25, 0.3) is 11.6 Å². The van der Waals surface area contributed by atoms with Crippen LogP contribution in [0.5, 0.6) is 23.0 Å². The third kappa shape index (κ3) is 3.67. The summed E-state index contributed by atoms with van der Waals surface area (Å²) in [5, 5.41) is 0. The number of carbonyl (C=O) groups excluding carboxylic acids is 2. The number of imide groups is 1. The summed E-state index contributed by atoms with van der Waals surface area (Å²) in [6.45, 7) is 0.276. The van der Waals surface area contributed by atoms with Crippen LogP contribution in [0.15, 0.2) is 60.7 Å². The van der Waals surface area contributed by atoms with E-state index in [2.05, 4.69) is 0 Å². The molecule has 2 amide bonds. The first kappa shape index (κ1) is 20.6. The molecule has 3 aromatic carbocycles. The maximum atomic E-state index is 13.5. The zero-order chi connectivity index (χ0) is 22.9. The first-order valence-electron chi connectivity index (χ1n) is 10.4. The van der Waals surface area contributed by atoms with Gasteiger partial charge < -0.3 is 18.9 Å². The molecule has 2 aliphatic heterocycles. The smallest absolute Gasteiger partial charge is 0.261 e. The molecule has 0 saturated heterocycles. The molecule has 166 valence electrons. The van der Waals surface area contributed by atoms with E-state index in [9.17, 15) is 9.59 Å². The molecule has 33 heavy (non-hydrogen) atoms. The molecule has 5 rings (SSSR count). The molecule has 0 spiro atoms. The Morgan fingerprint density at radius 3 is 2.39 bits per heavy atom. The zero-order valence-electron chi connectivity index (χ0n) is 18.2. The molecule has 0 aromatic heterocycles. The number of methoxy groups -OCH3 is 2. The highest BCUT2D eigenvalue weighted by Crippen LogP contribution is 2.36. The SMILES string of the molecule is COc1ccc(/C=C2/C(=O)N(Cc3ccc4c(c3)OCO4)C(=O)c3ccccc32)cc1OC. The summed E-state index contributed by atoms with van der Waals surface area (Å²) in [6, 6.07) is 17.9. The van der Waals surface area contributed by atoms with Gasteiger partial charge in [0.25, 0.3) is 11.8 Å². The van der Waals surface area contributed by atoms with Gasteiger partial charge in [0, 0.05) is 11.1 Å². The van der Waals surface area contributed by atoms with Crippen molar-refractivity contribution in [3.05, 3.63) is 82.9 Å². The topological polar surface area (TPSA) is 74.3 Å². The molecule has 0 atom stereocenters. The summed E-state index contributed by atoms with van der Waals surface area (Å²) in [5.41, 5.74) is 3.03. The highest BCUT2D eigenvalue weighted by Gasteiger charge is 2.35. The van der Waals surface area contributed by atoms with E-state index in [-0.39, 0.29) is 25.2 Å². The second kappa shape index (κ2) is 8.35. The van der Waals surface area contributed by atoms with Crippen LogP contribution in [0.4, 0.5) is 0 Å². The molecule has 2 aliphatic rings. The minimum Gasteiger partial charge on any atom is -0.493 e. The first-order chi connectivity index (χ1) is 16.1. The van der Waals surface area contributed by atoms with Crippen LogP contribution in [-0.2, 0) is 11.3 Å². The summed E-state index contributed by atoms with van der Waals surface area (Å²) in [7, 11) is 3.12. The first-order valence-corrected chi connectivity index (χ1v) is 10.4. The van der Waals surface area contributed by atoms with Crippen LogP contribution >= 0.6 is 0 Å². The van der Waals surface area contributed by atoms with Crippen molar-refractivity contribution in [1.82, 2.24) is 4.90 Å². The van der Waals surface area contributed by atoms with E-state index in [0.717, 1.165) is 11.1 Å². The molecule has 0 N–H and O–H groups in total. The van der Waals surface area contributed by atoms with Crippen LogP contribution in [-0.4, -0.2) is 37.7 Å². The number of ether oxygens (including phenoxy) is 4. The number of fused-ring (bicyclic) bond motifs is 2. The van der Waals surface area contributed by atoms with Crippen molar-refractivity contribution in [2.24, 2.45) is 0 Å². The number of hydrogen-bond donors (Lipinski definition) is 0. The quantitative estimate of drug-likeness (QED) is 0.436. The standard InChI is InChI=1S/C26H21NO6/c1-30-21-9-7-16(12-23(21)31-2)11-20-18-5-3-4-6-19(18)25(28)27(26(20)29)14-17-8-10-22-24(13-17)33-15-32-22/h3-13H,14-15H2,1-2H3/b20-11+. The van der Waals surface area contributed by atoms with Crippen molar-refractivity contribution in [3.63, 3.8) is 0 Å². The Bertz CT molecular complexity index is 1300. The Hall–Kier alpha value is -4.26. The highest BCUT2D eigenvalue weighted by molar-refractivity contribution is 6.33. The van der Waals surface area contributed by atoms with Gasteiger partial charge in [0.15, 0.2) is 23.0 Å². The van der Waals surface area contributed by atoms with E-state index in [0.29, 0.717) is 39.7 Å². The summed E-state index contributed by atoms with van der Waals surface area (Å²) in [5.74, 6) is 1.69. The van der Waals surface area contributed by atoms with E-state index in [1.165, 1.54) is 4.90 Å². The number of carbonyl (C=O) groups is 2. The molecule has 0 radical (unpaired) electrons. The molecule has 0 bridgehead atoms. The third-order valence-corrected chi connectivity index (χ3v) is 5.66. The third-order valence-electron chi connectivity index (χ3n) is 5.66. The van der Waals surface area contributed by atoms with Gasteiger partial charge in [0.1, 0.15) is 0 Å². The Labute approximate surface area is 190 Å².